The maximum absolute atomic E-state index is 13.2. The van der Waals surface area contributed by atoms with Gasteiger partial charge in [0, 0.05) is 11.1 Å². The molecule has 2 rings (SSSR count). The molecule has 1 aromatic rings. The van der Waals surface area contributed by atoms with Gasteiger partial charge in [-0.3, -0.25) is 0 Å². The van der Waals surface area contributed by atoms with E-state index in [4.69, 9.17) is 23.2 Å². The van der Waals surface area contributed by atoms with Crippen LogP contribution in [0.15, 0.2) is 12.1 Å². The summed E-state index contributed by atoms with van der Waals surface area (Å²) < 4.78 is 13.2. The van der Waals surface area contributed by atoms with E-state index in [0.29, 0.717) is 5.02 Å². The fraction of sp³-hybridized carbons (Fsp3) is 0.400. The highest BCUT2D eigenvalue weighted by Crippen LogP contribution is 2.33. The van der Waals surface area contributed by atoms with Gasteiger partial charge in [-0.05, 0) is 37.1 Å². The smallest absolute Gasteiger partial charge is 0.143 e. The zero-order chi connectivity index (χ0) is 10.1. The fourth-order valence-corrected chi connectivity index (χ4v) is 2.23. The van der Waals surface area contributed by atoms with E-state index < -0.39 is 5.82 Å². The number of hydrogen-bond donors (Lipinski definition) is 1. The van der Waals surface area contributed by atoms with Gasteiger partial charge in [0.05, 0.1) is 5.02 Å². The van der Waals surface area contributed by atoms with Crippen LogP contribution in [-0.2, 0) is 0 Å². The van der Waals surface area contributed by atoms with Crippen LogP contribution in [0.5, 0.6) is 0 Å². The van der Waals surface area contributed by atoms with Crippen molar-refractivity contribution in [3.05, 3.63) is 33.6 Å². The van der Waals surface area contributed by atoms with Crippen LogP contribution < -0.4 is 5.32 Å². The molecular weight excluding hydrogens is 224 g/mol. The minimum absolute atomic E-state index is 0.149. The topological polar surface area (TPSA) is 12.0 Å². The Bertz CT molecular complexity index is 348. The van der Waals surface area contributed by atoms with Gasteiger partial charge in [-0.1, -0.05) is 23.2 Å². The Morgan fingerprint density at radius 2 is 2.14 bits per heavy atom. The molecule has 1 fully saturated rings. The largest absolute Gasteiger partial charge is 0.310 e. The summed E-state index contributed by atoms with van der Waals surface area (Å²) in [7, 11) is 0. The summed E-state index contributed by atoms with van der Waals surface area (Å²) in [6.07, 6.45) is 2.08. The van der Waals surface area contributed by atoms with Crippen molar-refractivity contribution in [1.82, 2.24) is 5.32 Å². The van der Waals surface area contributed by atoms with Crippen molar-refractivity contribution in [2.24, 2.45) is 0 Å². The molecule has 1 aliphatic heterocycles. The number of halogens is 3. The molecule has 0 spiro atoms. The maximum atomic E-state index is 13.2. The van der Waals surface area contributed by atoms with E-state index >= 15 is 0 Å². The predicted octanol–water partition coefficient (Wildman–Crippen LogP) is 3.56. The SMILES string of the molecule is Fc1cc(Cl)cc([C@@H]2CCCN2)c1Cl. The van der Waals surface area contributed by atoms with Crippen molar-refractivity contribution < 1.29 is 4.39 Å². The quantitative estimate of drug-likeness (QED) is 0.732. The van der Waals surface area contributed by atoms with Gasteiger partial charge in [0.15, 0.2) is 0 Å². The summed E-state index contributed by atoms with van der Waals surface area (Å²) in [5.41, 5.74) is 0.772. The van der Waals surface area contributed by atoms with Crippen molar-refractivity contribution in [3.8, 4) is 0 Å². The molecule has 0 unspecified atom stereocenters. The van der Waals surface area contributed by atoms with Gasteiger partial charge in [0.1, 0.15) is 5.82 Å². The number of benzene rings is 1. The molecule has 1 aromatic carbocycles. The first kappa shape index (κ1) is 10.2. The molecule has 0 aliphatic carbocycles. The van der Waals surface area contributed by atoms with Crippen LogP contribution in [0.3, 0.4) is 0 Å². The molecule has 0 bridgehead atoms. The summed E-state index contributed by atoms with van der Waals surface area (Å²) in [6.45, 7) is 0.953. The Balaban J connectivity index is 2.40. The molecule has 0 saturated carbocycles. The molecule has 1 heterocycles. The molecule has 1 aliphatic rings. The van der Waals surface area contributed by atoms with Crippen molar-refractivity contribution in [2.45, 2.75) is 18.9 Å². The summed E-state index contributed by atoms with van der Waals surface area (Å²) in [5, 5.41) is 3.85. The van der Waals surface area contributed by atoms with Crippen molar-refractivity contribution in [3.63, 3.8) is 0 Å². The number of nitrogens with one attached hydrogen (secondary N) is 1. The first-order valence-electron chi connectivity index (χ1n) is 4.56. The Morgan fingerprint density at radius 1 is 1.36 bits per heavy atom. The van der Waals surface area contributed by atoms with E-state index in [0.717, 1.165) is 24.9 Å². The Kier molecular flexibility index (Phi) is 2.96. The lowest BCUT2D eigenvalue weighted by atomic mass is 10.1. The van der Waals surface area contributed by atoms with E-state index in [2.05, 4.69) is 5.32 Å². The second-order valence-corrected chi connectivity index (χ2v) is 4.25. The minimum atomic E-state index is -0.442. The Hall–Kier alpha value is -0.310. The van der Waals surface area contributed by atoms with Crippen LogP contribution in [0, 0.1) is 5.82 Å². The average molecular weight is 234 g/mol. The van der Waals surface area contributed by atoms with Gasteiger partial charge in [-0.25, -0.2) is 4.39 Å². The average Bonchev–Trinajstić information content (AvgIpc) is 2.63. The van der Waals surface area contributed by atoms with E-state index in [-0.39, 0.29) is 11.1 Å². The highest BCUT2D eigenvalue weighted by molar-refractivity contribution is 6.33. The van der Waals surface area contributed by atoms with Crippen molar-refractivity contribution in [2.75, 3.05) is 6.54 Å². The molecule has 14 heavy (non-hydrogen) atoms. The third-order valence-electron chi connectivity index (χ3n) is 2.46. The fourth-order valence-electron chi connectivity index (χ4n) is 1.78. The second-order valence-electron chi connectivity index (χ2n) is 3.44. The van der Waals surface area contributed by atoms with Crippen LogP contribution in [-0.4, -0.2) is 6.54 Å². The lowest BCUT2D eigenvalue weighted by Gasteiger charge is -2.13. The highest BCUT2D eigenvalue weighted by atomic mass is 35.5. The monoisotopic (exact) mass is 233 g/mol. The van der Waals surface area contributed by atoms with Crippen molar-refractivity contribution >= 4 is 23.2 Å². The molecule has 76 valence electrons. The molecule has 1 saturated heterocycles. The number of hydrogen-bond acceptors (Lipinski definition) is 1. The molecule has 0 aromatic heterocycles. The third-order valence-corrected chi connectivity index (χ3v) is 3.07. The van der Waals surface area contributed by atoms with Gasteiger partial charge < -0.3 is 5.32 Å². The first-order chi connectivity index (χ1) is 6.68. The second kappa shape index (κ2) is 4.05. The van der Waals surface area contributed by atoms with Crippen LogP contribution in [0.1, 0.15) is 24.4 Å². The van der Waals surface area contributed by atoms with Crippen molar-refractivity contribution in [1.29, 1.82) is 0 Å². The van der Waals surface area contributed by atoms with Gasteiger partial charge in [-0.15, -0.1) is 0 Å². The minimum Gasteiger partial charge on any atom is -0.310 e. The lowest BCUT2D eigenvalue weighted by Crippen LogP contribution is -2.13. The van der Waals surface area contributed by atoms with E-state index in [1.807, 2.05) is 0 Å². The Morgan fingerprint density at radius 3 is 2.79 bits per heavy atom. The molecule has 1 atom stereocenters. The third kappa shape index (κ3) is 1.88. The van der Waals surface area contributed by atoms with Gasteiger partial charge in [-0.2, -0.15) is 0 Å². The number of rotatable bonds is 1. The standard InChI is InChI=1S/C10H10Cl2FN/c11-6-4-7(9-2-1-3-14-9)10(12)8(13)5-6/h4-5,9,14H,1-3H2/t9-/m0/s1. The van der Waals surface area contributed by atoms with E-state index in [1.165, 1.54) is 6.07 Å². The summed E-state index contributed by atoms with van der Waals surface area (Å²) in [4.78, 5) is 0. The van der Waals surface area contributed by atoms with Crippen LogP contribution in [0.25, 0.3) is 0 Å². The molecular formula is C10H10Cl2FN. The summed E-state index contributed by atoms with van der Waals surface area (Å²) >= 11 is 11.6. The maximum Gasteiger partial charge on any atom is 0.143 e. The van der Waals surface area contributed by atoms with Crippen LogP contribution in [0.2, 0.25) is 10.0 Å². The summed E-state index contributed by atoms with van der Waals surface area (Å²) in [5.74, 6) is -0.442. The van der Waals surface area contributed by atoms with Gasteiger partial charge in [0.2, 0.25) is 0 Å². The Labute approximate surface area is 92.2 Å². The summed E-state index contributed by atoms with van der Waals surface area (Å²) in [6, 6.07) is 3.12. The molecule has 4 heteroatoms. The zero-order valence-electron chi connectivity index (χ0n) is 7.49. The lowest BCUT2D eigenvalue weighted by molar-refractivity contribution is 0.607. The molecule has 1 nitrogen and oxygen atoms in total. The predicted molar refractivity (Wildman–Crippen MR) is 56.4 cm³/mol. The normalized spacial score (nSPS) is 21.5. The molecule has 0 radical (unpaired) electrons. The van der Waals surface area contributed by atoms with E-state index in [1.54, 1.807) is 6.07 Å². The molecule has 1 N–H and O–H groups in total. The van der Waals surface area contributed by atoms with E-state index in [9.17, 15) is 4.39 Å². The zero-order valence-corrected chi connectivity index (χ0v) is 9.00. The van der Waals surface area contributed by atoms with Gasteiger partial charge >= 0.3 is 0 Å². The van der Waals surface area contributed by atoms with Crippen LogP contribution >= 0.6 is 23.2 Å². The molecule has 0 amide bonds. The first-order valence-corrected chi connectivity index (χ1v) is 5.32. The van der Waals surface area contributed by atoms with Crippen LogP contribution in [0.4, 0.5) is 4.39 Å². The van der Waals surface area contributed by atoms with Gasteiger partial charge in [0.25, 0.3) is 0 Å². The highest BCUT2D eigenvalue weighted by Gasteiger charge is 2.20.